The summed E-state index contributed by atoms with van der Waals surface area (Å²) < 4.78 is 28.6. The molecule has 0 spiro atoms. The fraction of sp³-hybridized carbons (Fsp3) is 0.316. The fourth-order valence-electron chi connectivity index (χ4n) is 2.85. The molecule has 1 atom stereocenters. The SMILES string of the molecule is CS(=O)(=O)c1ccc(-c2cccc(C(=O)NC[C@@H]3CCCO3)c2)cc1. The van der Waals surface area contributed by atoms with E-state index in [-0.39, 0.29) is 16.9 Å². The van der Waals surface area contributed by atoms with Crippen LogP contribution in [0.5, 0.6) is 0 Å². The van der Waals surface area contributed by atoms with Gasteiger partial charge in [0.2, 0.25) is 0 Å². The molecule has 132 valence electrons. The van der Waals surface area contributed by atoms with Crippen molar-refractivity contribution in [3.05, 3.63) is 54.1 Å². The van der Waals surface area contributed by atoms with Crippen LogP contribution in [0.15, 0.2) is 53.4 Å². The van der Waals surface area contributed by atoms with Crippen molar-refractivity contribution in [2.24, 2.45) is 0 Å². The van der Waals surface area contributed by atoms with Crippen molar-refractivity contribution < 1.29 is 17.9 Å². The maximum Gasteiger partial charge on any atom is 0.251 e. The summed E-state index contributed by atoms with van der Waals surface area (Å²) in [6, 6.07) is 13.9. The molecule has 1 aliphatic rings. The van der Waals surface area contributed by atoms with E-state index < -0.39 is 9.84 Å². The Balaban J connectivity index is 1.73. The number of benzene rings is 2. The lowest BCUT2D eigenvalue weighted by Crippen LogP contribution is -2.31. The van der Waals surface area contributed by atoms with Crippen LogP contribution < -0.4 is 5.32 Å². The molecule has 0 bridgehead atoms. The van der Waals surface area contributed by atoms with Gasteiger partial charge in [0.25, 0.3) is 5.91 Å². The topological polar surface area (TPSA) is 72.5 Å². The average molecular weight is 359 g/mol. The van der Waals surface area contributed by atoms with Crippen molar-refractivity contribution in [3.63, 3.8) is 0 Å². The van der Waals surface area contributed by atoms with E-state index in [1.807, 2.05) is 12.1 Å². The molecule has 1 N–H and O–H groups in total. The average Bonchev–Trinajstić information content (AvgIpc) is 3.13. The molecule has 1 amide bonds. The van der Waals surface area contributed by atoms with Crippen molar-refractivity contribution in [1.82, 2.24) is 5.32 Å². The second-order valence-corrected chi connectivity index (χ2v) is 8.24. The number of sulfone groups is 1. The van der Waals surface area contributed by atoms with Gasteiger partial charge < -0.3 is 10.1 Å². The lowest BCUT2D eigenvalue weighted by molar-refractivity contribution is 0.0858. The van der Waals surface area contributed by atoms with Gasteiger partial charge in [-0.3, -0.25) is 4.79 Å². The van der Waals surface area contributed by atoms with Crippen molar-refractivity contribution in [1.29, 1.82) is 0 Å². The molecule has 1 aliphatic heterocycles. The molecule has 0 radical (unpaired) electrons. The molecule has 0 aromatic heterocycles. The van der Waals surface area contributed by atoms with Crippen LogP contribution in [0.25, 0.3) is 11.1 Å². The highest BCUT2D eigenvalue weighted by molar-refractivity contribution is 7.90. The van der Waals surface area contributed by atoms with E-state index in [1.165, 1.54) is 6.26 Å². The minimum Gasteiger partial charge on any atom is -0.376 e. The Morgan fingerprint density at radius 1 is 1.16 bits per heavy atom. The van der Waals surface area contributed by atoms with E-state index in [1.54, 1.807) is 36.4 Å². The molecule has 1 heterocycles. The predicted molar refractivity (Wildman–Crippen MR) is 96.3 cm³/mol. The van der Waals surface area contributed by atoms with E-state index in [2.05, 4.69) is 5.32 Å². The summed E-state index contributed by atoms with van der Waals surface area (Å²) in [5.41, 5.74) is 2.30. The van der Waals surface area contributed by atoms with Gasteiger partial charge in [-0.25, -0.2) is 8.42 Å². The van der Waals surface area contributed by atoms with Gasteiger partial charge in [-0.2, -0.15) is 0 Å². The lowest BCUT2D eigenvalue weighted by Gasteiger charge is -2.11. The first-order valence-corrected chi connectivity index (χ1v) is 10.1. The first-order valence-electron chi connectivity index (χ1n) is 8.24. The number of amides is 1. The molecule has 6 heteroatoms. The summed E-state index contributed by atoms with van der Waals surface area (Å²) in [6.45, 7) is 1.28. The second kappa shape index (κ2) is 7.37. The highest BCUT2D eigenvalue weighted by atomic mass is 32.2. The number of carbonyl (C=O) groups is 1. The van der Waals surface area contributed by atoms with Gasteiger partial charge >= 0.3 is 0 Å². The first-order chi connectivity index (χ1) is 11.9. The van der Waals surface area contributed by atoms with Gasteiger partial charge in [-0.05, 0) is 48.2 Å². The number of hydrogen-bond donors (Lipinski definition) is 1. The number of carbonyl (C=O) groups excluding carboxylic acids is 1. The Bertz CT molecular complexity index is 853. The van der Waals surface area contributed by atoms with E-state index >= 15 is 0 Å². The predicted octanol–water partition coefficient (Wildman–Crippen LogP) is 2.67. The largest absolute Gasteiger partial charge is 0.376 e. The summed E-state index contributed by atoms with van der Waals surface area (Å²) in [7, 11) is -3.21. The van der Waals surface area contributed by atoms with Crippen LogP contribution in [0.3, 0.4) is 0 Å². The van der Waals surface area contributed by atoms with Gasteiger partial charge in [-0.15, -0.1) is 0 Å². The first kappa shape index (κ1) is 17.6. The van der Waals surface area contributed by atoms with Crippen molar-refractivity contribution in [2.75, 3.05) is 19.4 Å². The third-order valence-corrected chi connectivity index (χ3v) is 5.38. The van der Waals surface area contributed by atoms with Crippen LogP contribution in [0, 0.1) is 0 Å². The molecule has 25 heavy (non-hydrogen) atoms. The van der Waals surface area contributed by atoms with Crippen LogP contribution in [-0.2, 0) is 14.6 Å². The lowest BCUT2D eigenvalue weighted by atomic mass is 10.0. The highest BCUT2D eigenvalue weighted by Gasteiger charge is 2.17. The van der Waals surface area contributed by atoms with E-state index in [0.717, 1.165) is 30.6 Å². The second-order valence-electron chi connectivity index (χ2n) is 6.22. The van der Waals surface area contributed by atoms with E-state index in [9.17, 15) is 13.2 Å². The Labute approximate surface area is 147 Å². The number of rotatable bonds is 5. The Kier molecular flexibility index (Phi) is 5.20. The summed E-state index contributed by atoms with van der Waals surface area (Å²) in [6.07, 6.45) is 3.31. The Morgan fingerprint density at radius 2 is 1.92 bits per heavy atom. The van der Waals surface area contributed by atoms with Gasteiger partial charge in [0.1, 0.15) is 0 Å². The maximum atomic E-state index is 12.3. The number of hydrogen-bond acceptors (Lipinski definition) is 4. The summed E-state index contributed by atoms with van der Waals surface area (Å²) in [4.78, 5) is 12.6. The molecule has 5 nitrogen and oxygen atoms in total. The molecule has 1 saturated heterocycles. The molecule has 2 aromatic carbocycles. The Hall–Kier alpha value is -2.18. The Morgan fingerprint density at radius 3 is 2.56 bits per heavy atom. The van der Waals surface area contributed by atoms with E-state index in [4.69, 9.17) is 4.74 Å². The van der Waals surface area contributed by atoms with Gasteiger partial charge in [-0.1, -0.05) is 24.3 Å². The minimum absolute atomic E-state index is 0.107. The molecule has 1 fully saturated rings. The zero-order valence-electron chi connectivity index (χ0n) is 14.1. The van der Waals surface area contributed by atoms with Gasteiger partial charge in [0, 0.05) is 25.0 Å². The van der Waals surface area contributed by atoms with Crippen molar-refractivity contribution in [3.8, 4) is 11.1 Å². The summed E-state index contributed by atoms with van der Waals surface area (Å²) >= 11 is 0. The smallest absolute Gasteiger partial charge is 0.251 e. The normalized spacial score (nSPS) is 17.4. The molecule has 0 aliphatic carbocycles. The molecular weight excluding hydrogens is 338 g/mol. The van der Waals surface area contributed by atoms with Gasteiger partial charge in [0.15, 0.2) is 9.84 Å². The van der Waals surface area contributed by atoms with Crippen LogP contribution >= 0.6 is 0 Å². The zero-order valence-corrected chi connectivity index (χ0v) is 14.9. The molecule has 2 aromatic rings. The van der Waals surface area contributed by atoms with Crippen LogP contribution in [0.2, 0.25) is 0 Å². The van der Waals surface area contributed by atoms with Crippen LogP contribution in [0.4, 0.5) is 0 Å². The quantitative estimate of drug-likeness (QED) is 0.891. The molecule has 3 rings (SSSR count). The summed E-state index contributed by atoms with van der Waals surface area (Å²) in [5.74, 6) is -0.134. The zero-order chi connectivity index (χ0) is 17.9. The van der Waals surface area contributed by atoms with Gasteiger partial charge in [0.05, 0.1) is 11.0 Å². The minimum atomic E-state index is -3.21. The monoisotopic (exact) mass is 359 g/mol. The number of nitrogens with one attached hydrogen (secondary N) is 1. The van der Waals surface area contributed by atoms with Crippen LogP contribution in [-0.4, -0.2) is 39.8 Å². The highest BCUT2D eigenvalue weighted by Crippen LogP contribution is 2.22. The summed E-state index contributed by atoms with van der Waals surface area (Å²) in [5, 5.41) is 2.91. The van der Waals surface area contributed by atoms with Crippen molar-refractivity contribution >= 4 is 15.7 Å². The van der Waals surface area contributed by atoms with E-state index in [0.29, 0.717) is 12.1 Å². The molecule has 0 unspecified atom stereocenters. The van der Waals surface area contributed by atoms with Crippen molar-refractivity contribution in [2.45, 2.75) is 23.8 Å². The van der Waals surface area contributed by atoms with Crippen LogP contribution in [0.1, 0.15) is 23.2 Å². The third kappa shape index (κ3) is 4.46. The third-order valence-electron chi connectivity index (χ3n) is 4.25. The maximum absolute atomic E-state index is 12.3. The molecule has 0 saturated carbocycles. The number of ether oxygens (including phenoxy) is 1. The standard InChI is InChI=1S/C19H21NO4S/c1-25(22,23)18-9-7-14(8-10-18)15-4-2-5-16(12-15)19(21)20-13-17-6-3-11-24-17/h2,4-5,7-10,12,17H,3,6,11,13H2,1H3,(H,20,21)/t17-/m0/s1. The fourth-order valence-corrected chi connectivity index (χ4v) is 3.48. The molecular formula is C19H21NO4S.